The highest BCUT2D eigenvalue weighted by atomic mass is 32.2. The molecule has 1 heterocycles. The number of hydrogen-bond donors (Lipinski definition) is 1. The van der Waals surface area contributed by atoms with Gasteiger partial charge in [-0.3, -0.25) is 0 Å². The molecule has 0 saturated carbocycles. The summed E-state index contributed by atoms with van der Waals surface area (Å²) in [5, 5.41) is 3.18. The van der Waals surface area contributed by atoms with Crippen molar-refractivity contribution in [3.05, 3.63) is 29.3 Å². The van der Waals surface area contributed by atoms with Gasteiger partial charge in [-0.05, 0) is 30.7 Å². The van der Waals surface area contributed by atoms with Gasteiger partial charge in [-0.15, -0.1) is 0 Å². The number of fused-ring (bicyclic) bond motifs is 1. The quantitative estimate of drug-likeness (QED) is 0.876. The fourth-order valence-corrected chi connectivity index (χ4v) is 2.90. The Balaban J connectivity index is 2.12. The second-order valence-electron chi connectivity index (χ2n) is 4.73. The fraction of sp³-hybridized carbons (Fsp3) is 0.538. The third-order valence-electron chi connectivity index (χ3n) is 3.24. The van der Waals surface area contributed by atoms with Gasteiger partial charge in [-0.25, -0.2) is 8.42 Å². The number of rotatable bonds is 5. The number of sulfone groups is 1. The maximum atomic E-state index is 11.2. The molecule has 1 aromatic carbocycles. The van der Waals surface area contributed by atoms with Crippen LogP contribution in [-0.2, 0) is 16.3 Å². The van der Waals surface area contributed by atoms with Crippen molar-refractivity contribution in [3.8, 4) is 5.75 Å². The van der Waals surface area contributed by atoms with Gasteiger partial charge in [-0.2, -0.15) is 0 Å². The minimum Gasteiger partial charge on any atom is -0.493 e. The standard InChI is InChI=1S/C13H19NO3S/c1-14-12(6-8-18(2,15)16)10-3-4-13-11(9-10)5-7-17-13/h3-4,9,12,14H,5-8H2,1-2H3. The number of ether oxygens (including phenoxy) is 1. The summed E-state index contributed by atoms with van der Waals surface area (Å²) in [5.74, 6) is 1.16. The Bertz CT molecular complexity index is 525. The topological polar surface area (TPSA) is 55.4 Å². The van der Waals surface area contributed by atoms with Gasteiger partial charge in [0.2, 0.25) is 0 Å². The molecule has 0 bridgehead atoms. The molecule has 1 unspecified atom stereocenters. The summed E-state index contributed by atoms with van der Waals surface area (Å²) in [7, 11) is -1.06. The lowest BCUT2D eigenvalue weighted by atomic mass is 10.0. The van der Waals surface area contributed by atoms with E-state index in [0.29, 0.717) is 6.42 Å². The lowest BCUT2D eigenvalue weighted by Gasteiger charge is -2.17. The molecule has 0 saturated heterocycles. The predicted octanol–water partition coefficient (Wildman–Crippen LogP) is 1.32. The summed E-state index contributed by atoms with van der Waals surface area (Å²) in [4.78, 5) is 0. The maximum Gasteiger partial charge on any atom is 0.147 e. The van der Waals surface area contributed by atoms with Crippen molar-refractivity contribution in [2.75, 3.05) is 25.7 Å². The van der Waals surface area contributed by atoms with Crippen molar-refractivity contribution in [3.63, 3.8) is 0 Å². The molecule has 0 spiro atoms. The van der Waals surface area contributed by atoms with Crippen molar-refractivity contribution in [1.82, 2.24) is 5.32 Å². The smallest absolute Gasteiger partial charge is 0.147 e. The third kappa shape index (κ3) is 3.23. The van der Waals surface area contributed by atoms with Crippen LogP contribution in [0.15, 0.2) is 18.2 Å². The Kier molecular flexibility index (Phi) is 3.92. The van der Waals surface area contributed by atoms with Gasteiger partial charge in [0.25, 0.3) is 0 Å². The second-order valence-corrected chi connectivity index (χ2v) is 6.99. The van der Waals surface area contributed by atoms with E-state index >= 15 is 0 Å². The summed E-state index contributed by atoms with van der Waals surface area (Å²) in [6.45, 7) is 0.742. The van der Waals surface area contributed by atoms with Crippen molar-refractivity contribution < 1.29 is 13.2 Å². The SMILES string of the molecule is CNC(CCS(C)(=O)=O)c1ccc2c(c1)CCO2. The first-order chi connectivity index (χ1) is 8.49. The van der Waals surface area contributed by atoms with Crippen molar-refractivity contribution in [1.29, 1.82) is 0 Å². The van der Waals surface area contributed by atoms with E-state index in [0.717, 1.165) is 24.3 Å². The van der Waals surface area contributed by atoms with Crippen molar-refractivity contribution in [2.24, 2.45) is 0 Å². The van der Waals surface area contributed by atoms with E-state index < -0.39 is 9.84 Å². The largest absolute Gasteiger partial charge is 0.493 e. The highest BCUT2D eigenvalue weighted by Gasteiger charge is 2.17. The molecule has 1 N–H and O–H groups in total. The summed E-state index contributed by atoms with van der Waals surface area (Å²) in [5.41, 5.74) is 2.34. The van der Waals surface area contributed by atoms with Crippen molar-refractivity contribution in [2.45, 2.75) is 18.9 Å². The average Bonchev–Trinajstić information content (AvgIpc) is 2.75. The molecule has 0 fully saturated rings. The van der Waals surface area contributed by atoms with Gasteiger partial charge in [0, 0.05) is 18.7 Å². The molecule has 0 aliphatic carbocycles. The van der Waals surface area contributed by atoms with Crippen LogP contribution in [0.3, 0.4) is 0 Å². The Hall–Kier alpha value is -1.07. The van der Waals surface area contributed by atoms with Crippen LogP contribution in [0.5, 0.6) is 5.75 Å². The van der Waals surface area contributed by atoms with Gasteiger partial charge in [0.1, 0.15) is 15.6 Å². The number of benzene rings is 1. The minimum atomic E-state index is -2.91. The van der Waals surface area contributed by atoms with Crippen LogP contribution in [0.25, 0.3) is 0 Å². The zero-order chi connectivity index (χ0) is 13.2. The lowest BCUT2D eigenvalue weighted by molar-refractivity contribution is 0.356. The third-order valence-corrected chi connectivity index (χ3v) is 4.22. The molecule has 100 valence electrons. The molecule has 1 atom stereocenters. The van der Waals surface area contributed by atoms with Crippen LogP contribution >= 0.6 is 0 Å². The normalized spacial score (nSPS) is 16.1. The molecule has 0 aromatic heterocycles. The molecule has 0 radical (unpaired) electrons. The van der Waals surface area contributed by atoms with E-state index in [2.05, 4.69) is 11.4 Å². The van der Waals surface area contributed by atoms with E-state index in [-0.39, 0.29) is 11.8 Å². The van der Waals surface area contributed by atoms with Crippen molar-refractivity contribution >= 4 is 9.84 Å². The van der Waals surface area contributed by atoms with E-state index in [9.17, 15) is 8.42 Å². The Morgan fingerprint density at radius 2 is 2.22 bits per heavy atom. The summed E-state index contributed by atoms with van der Waals surface area (Å²) >= 11 is 0. The van der Waals surface area contributed by atoms with Gasteiger partial charge in [-0.1, -0.05) is 12.1 Å². The summed E-state index contributed by atoms with van der Waals surface area (Å²) < 4.78 is 27.9. The van der Waals surface area contributed by atoms with Gasteiger partial charge >= 0.3 is 0 Å². The molecular formula is C13H19NO3S. The molecule has 1 aliphatic heterocycles. The first-order valence-electron chi connectivity index (χ1n) is 6.10. The number of hydrogen-bond acceptors (Lipinski definition) is 4. The summed E-state index contributed by atoms with van der Waals surface area (Å²) in [6.07, 6.45) is 2.80. The summed E-state index contributed by atoms with van der Waals surface area (Å²) in [6, 6.07) is 6.17. The van der Waals surface area contributed by atoms with E-state index in [4.69, 9.17) is 4.74 Å². The van der Waals surface area contributed by atoms with Crippen LogP contribution < -0.4 is 10.1 Å². The van der Waals surface area contributed by atoms with Crippen LogP contribution in [0.4, 0.5) is 0 Å². The molecular weight excluding hydrogens is 250 g/mol. The Morgan fingerprint density at radius 3 is 2.89 bits per heavy atom. The highest BCUT2D eigenvalue weighted by molar-refractivity contribution is 7.90. The second kappa shape index (κ2) is 5.28. The van der Waals surface area contributed by atoms with E-state index in [1.165, 1.54) is 11.8 Å². The predicted molar refractivity (Wildman–Crippen MR) is 71.8 cm³/mol. The molecule has 2 rings (SSSR count). The van der Waals surface area contributed by atoms with Gasteiger partial charge in [0.15, 0.2) is 0 Å². The van der Waals surface area contributed by atoms with Crippen LogP contribution in [0.1, 0.15) is 23.6 Å². The molecule has 4 nitrogen and oxygen atoms in total. The lowest BCUT2D eigenvalue weighted by Crippen LogP contribution is -2.20. The van der Waals surface area contributed by atoms with Crippen LogP contribution in [-0.4, -0.2) is 34.1 Å². The average molecular weight is 269 g/mol. The van der Waals surface area contributed by atoms with Crippen LogP contribution in [0.2, 0.25) is 0 Å². The van der Waals surface area contributed by atoms with E-state index in [1.54, 1.807) is 0 Å². The van der Waals surface area contributed by atoms with Crippen LogP contribution in [0, 0.1) is 0 Å². The Morgan fingerprint density at radius 1 is 1.44 bits per heavy atom. The molecule has 18 heavy (non-hydrogen) atoms. The fourth-order valence-electron chi connectivity index (χ4n) is 2.23. The minimum absolute atomic E-state index is 0.0747. The first-order valence-corrected chi connectivity index (χ1v) is 8.16. The van der Waals surface area contributed by atoms with Gasteiger partial charge < -0.3 is 10.1 Å². The molecule has 1 aromatic rings. The zero-order valence-electron chi connectivity index (χ0n) is 10.8. The molecule has 1 aliphatic rings. The zero-order valence-corrected chi connectivity index (χ0v) is 11.6. The molecule has 5 heteroatoms. The van der Waals surface area contributed by atoms with E-state index in [1.807, 2.05) is 19.2 Å². The van der Waals surface area contributed by atoms with Gasteiger partial charge in [0.05, 0.1) is 12.4 Å². The highest BCUT2D eigenvalue weighted by Crippen LogP contribution is 2.29. The Labute approximate surface area is 108 Å². The monoisotopic (exact) mass is 269 g/mol. The molecule has 0 amide bonds. The first kappa shape index (κ1) is 13.4. The maximum absolute atomic E-state index is 11.2. The number of nitrogens with one attached hydrogen (secondary N) is 1.